The molecule has 0 unspecified atom stereocenters. The third-order valence-electron chi connectivity index (χ3n) is 4.31. The molecule has 2 heterocycles. The van der Waals surface area contributed by atoms with E-state index in [9.17, 15) is 4.79 Å². The van der Waals surface area contributed by atoms with Crippen molar-refractivity contribution in [1.29, 1.82) is 0 Å². The summed E-state index contributed by atoms with van der Waals surface area (Å²) in [5.74, 6) is -0.0861. The molecular formula is C20H23N5O. The second-order valence-corrected chi connectivity index (χ2v) is 6.34. The standard InChI is InChI=1S/C20H23N5O/c1-14-19(15(2)24-23-14)22-18(26)13-25(3)20(16-9-5-4-6-10-16)17-11-7-8-12-21-17/h4-12,20H,13H2,1-3H3,(H,22,26)(H,23,24)/t20-/m1/s1. The van der Waals surface area contributed by atoms with E-state index in [0.717, 1.165) is 28.3 Å². The van der Waals surface area contributed by atoms with Gasteiger partial charge in [-0.05, 0) is 38.6 Å². The zero-order valence-electron chi connectivity index (χ0n) is 15.2. The van der Waals surface area contributed by atoms with Gasteiger partial charge in [0.25, 0.3) is 0 Å². The molecule has 0 saturated carbocycles. The Bertz CT molecular complexity index is 801. The molecule has 6 nitrogen and oxygen atoms in total. The highest BCUT2D eigenvalue weighted by Crippen LogP contribution is 2.26. The Morgan fingerprint density at radius 2 is 1.88 bits per heavy atom. The molecular weight excluding hydrogens is 326 g/mol. The van der Waals surface area contributed by atoms with Crippen LogP contribution in [0.25, 0.3) is 0 Å². The molecule has 1 amide bonds. The van der Waals surface area contributed by atoms with E-state index in [1.54, 1.807) is 6.20 Å². The molecule has 0 aliphatic heterocycles. The first kappa shape index (κ1) is 17.8. The largest absolute Gasteiger partial charge is 0.322 e. The van der Waals surface area contributed by atoms with E-state index in [4.69, 9.17) is 0 Å². The Hall–Kier alpha value is -2.99. The molecule has 6 heteroatoms. The summed E-state index contributed by atoms with van der Waals surface area (Å²) in [6.07, 6.45) is 1.78. The highest BCUT2D eigenvalue weighted by Gasteiger charge is 2.22. The molecule has 0 fully saturated rings. The van der Waals surface area contributed by atoms with Crippen LogP contribution in [-0.2, 0) is 4.79 Å². The van der Waals surface area contributed by atoms with Gasteiger partial charge < -0.3 is 5.32 Å². The second-order valence-electron chi connectivity index (χ2n) is 6.34. The van der Waals surface area contributed by atoms with Crippen molar-refractivity contribution >= 4 is 11.6 Å². The minimum atomic E-state index is -0.102. The zero-order chi connectivity index (χ0) is 18.5. The number of anilines is 1. The van der Waals surface area contributed by atoms with Gasteiger partial charge in [0.1, 0.15) is 0 Å². The summed E-state index contributed by atoms with van der Waals surface area (Å²) in [5, 5.41) is 9.95. The zero-order valence-corrected chi connectivity index (χ0v) is 15.2. The van der Waals surface area contributed by atoms with Gasteiger partial charge in [0, 0.05) is 6.20 Å². The van der Waals surface area contributed by atoms with Gasteiger partial charge in [0.05, 0.1) is 35.4 Å². The van der Waals surface area contributed by atoms with Gasteiger partial charge in [-0.15, -0.1) is 0 Å². The molecule has 134 valence electrons. The molecule has 0 spiro atoms. The number of carbonyl (C=O) groups is 1. The third kappa shape index (κ3) is 3.97. The van der Waals surface area contributed by atoms with Crippen LogP contribution in [0.15, 0.2) is 54.7 Å². The first-order valence-electron chi connectivity index (χ1n) is 8.54. The van der Waals surface area contributed by atoms with Crippen molar-refractivity contribution in [3.63, 3.8) is 0 Å². The minimum Gasteiger partial charge on any atom is -0.322 e. The normalized spacial score (nSPS) is 12.2. The summed E-state index contributed by atoms with van der Waals surface area (Å²) in [6.45, 7) is 3.99. The highest BCUT2D eigenvalue weighted by atomic mass is 16.2. The average Bonchev–Trinajstić information content (AvgIpc) is 2.95. The fourth-order valence-corrected chi connectivity index (χ4v) is 3.06. The Morgan fingerprint density at radius 3 is 2.50 bits per heavy atom. The molecule has 1 atom stereocenters. The summed E-state index contributed by atoms with van der Waals surface area (Å²) < 4.78 is 0. The van der Waals surface area contributed by atoms with Crippen molar-refractivity contribution < 1.29 is 4.79 Å². The first-order chi connectivity index (χ1) is 12.6. The van der Waals surface area contributed by atoms with Crippen LogP contribution in [0.1, 0.15) is 28.7 Å². The molecule has 0 saturated heterocycles. The Kier molecular flexibility index (Phi) is 5.43. The van der Waals surface area contributed by atoms with Crippen molar-refractivity contribution in [3.05, 3.63) is 77.4 Å². The van der Waals surface area contributed by atoms with Crippen LogP contribution in [0.4, 0.5) is 5.69 Å². The molecule has 3 rings (SSSR count). The summed E-state index contributed by atoms with van der Waals surface area (Å²) in [7, 11) is 1.93. The first-order valence-corrected chi connectivity index (χ1v) is 8.54. The van der Waals surface area contributed by atoms with Crippen molar-refractivity contribution in [1.82, 2.24) is 20.1 Å². The number of aromatic nitrogens is 3. The maximum Gasteiger partial charge on any atom is 0.238 e. The fourth-order valence-electron chi connectivity index (χ4n) is 3.06. The lowest BCUT2D eigenvalue weighted by Crippen LogP contribution is -2.34. The lowest BCUT2D eigenvalue weighted by molar-refractivity contribution is -0.117. The van der Waals surface area contributed by atoms with E-state index in [0.29, 0.717) is 0 Å². The van der Waals surface area contributed by atoms with Crippen LogP contribution in [0.2, 0.25) is 0 Å². The summed E-state index contributed by atoms with van der Waals surface area (Å²) in [5.41, 5.74) is 4.38. The number of carbonyl (C=O) groups excluding carboxylic acids is 1. The van der Waals surface area contributed by atoms with Crippen molar-refractivity contribution in [2.45, 2.75) is 19.9 Å². The van der Waals surface area contributed by atoms with Crippen LogP contribution in [-0.4, -0.2) is 39.6 Å². The number of nitrogens with one attached hydrogen (secondary N) is 2. The number of likely N-dealkylation sites (N-methyl/N-ethyl adjacent to an activating group) is 1. The molecule has 2 aromatic heterocycles. The number of amides is 1. The minimum absolute atomic E-state index is 0.0861. The number of aromatic amines is 1. The predicted octanol–water partition coefficient (Wildman–Crippen LogP) is 3.08. The molecule has 3 aromatic rings. The fraction of sp³-hybridized carbons (Fsp3) is 0.250. The maximum absolute atomic E-state index is 12.6. The van der Waals surface area contributed by atoms with Crippen molar-refractivity contribution in [2.24, 2.45) is 0 Å². The summed E-state index contributed by atoms with van der Waals surface area (Å²) in [6, 6.07) is 15.8. The Morgan fingerprint density at radius 1 is 1.15 bits per heavy atom. The molecule has 1 aromatic carbocycles. The lowest BCUT2D eigenvalue weighted by Gasteiger charge is -2.27. The van der Waals surface area contributed by atoms with Crippen LogP contribution >= 0.6 is 0 Å². The van der Waals surface area contributed by atoms with Gasteiger partial charge in [-0.3, -0.25) is 19.8 Å². The predicted molar refractivity (Wildman–Crippen MR) is 102 cm³/mol. The lowest BCUT2D eigenvalue weighted by atomic mass is 10.0. The monoisotopic (exact) mass is 349 g/mol. The van der Waals surface area contributed by atoms with Gasteiger partial charge >= 0.3 is 0 Å². The Balaban J connectivity index is 1.80. The number of rotatable bonds is 6. The molecule has 2 N–H and O–H groups in total. The van der Waals surface area contributed by atoms with E-state index in [1.165, 1.54) is 0 Å². The van der Waals surface area contributed by atoms with Gasteiger partial charge in [0.15, 0.2) is 0 Å². The molecule has 0 aliphatic carbocycles. The van der Waals surface area contributed by atoms with Gasteiger partial charge in [-0.2, -0.15) is 5.10 Å². The number of aryl methyl sites for hydroxylation is 2. The summed E-state index contributed by atoms with van der Waals surface area (Å²) in [4.78, 5) is 19.1. The number of hydrogen-bond acceptors (Lipinski definition) is 4. The van der Waals surface area contributed by atoms with E-state index in [1.807, 2.05) is 62.2 Å². The summed E-state index contributed by atoms with van der Waals surface area (Å²) >= 11 is 0. The number of nitrogens with zero attached hydrogens (tertiary/aromatic N) is 3. The number of hydrogen-bond donors (Lipinski definition) is 2. The van der Waals surface area contributed by atoms with E-state index < -0.39 is 0 Å². The average molecular weight is 349 g/mol. The number of pyridine rings is 1. The van der Waals surface area contributed by atoms with Crippen LogP contribution < -0.4 is 5.32 Å². The Labute approximate surface area is 153 Å². The van der Waals surface area contributed by atoms with Gasteiger partial charge in [-0.1, -0.05) is 36.4 Å². The molecule has 0 bridgehead atoms. The number of H-pyrrole nitrogens is 1. The molecule has 26 heavy (non-hydrogen) atoms. The van der Waals surface area contributed by atoms with Crippen LogP contribution in [0.3, 0.4) is 0 Å². The van der Waals surface area contributed by atoms with Crippen LogP contribution in [0.5, 0.6) is 0 Å². The second kappa shape index (κ2) is 7.93. The molecule has 0 radical (unpaired) electrons. The maximum atomic E-state index is 12.6. The van der Waals surface area contributed by atoms with Crippen LogP contribution in [0, 0.1) is 13.8 Å². The SMILES string of the molecule is Cc1n[nH]c(C)c1NC(=O)CN(C)[C@H](c1ccccc1)c1ccccn1. The smallest absolute Gasteiger partial charge is 0.238 e. The quantitative estimate of drug-likeness (QED) is 0.717. The molecule has 0 aliphatic rings. The van der Waals surface area contributed by atoms with E-state index in [-0.39, 0.29) is 18.5 Å². The highest BCUT2D eigenvalue weighted by molar-refractivity contribution is 5.93. The van der Waals surface area contributed by atoms with Gasteiger partial charge in [-0.25, -0.2) is 0 Å². The van der Waals surface area contributed by atoms with E-state index >= 15 is 0 Å². The topological polar surface area (TPSA) is 73.9 Å². The number of benzene rings is 1. The third-order valence-corrected chi connectivity index (χ3v) is 4.31. The van der Waals surface area contributed by atoms with Gasteiger partial charge in [0.2, 0.25) is 5.91 Å². The van der Waals surface area contributed by atoms with Crippen molar-refractivity contribution in [2.75, 3.05) is 18.9 Å². The van der Waals surface area contributed by atoms with E-state index in [2.05, 4.69) is 32.6 Å². The van der Waals surface area contributed by atoms with Crippen molar-refractivity contribution in [3.8, 4) is 0 Å².